The number of benzene rings is 1. The van der Waals surface area contributed by atoms with Gasteiger partial charge in [-0.2, -0.15) is 0 Å². The zero-order chi connectivity index (χ0) is 12.6. The van der Waals surface area contributed by atoms with Crippen LogP contribution in [0.2, 0.25) is 5.02 Å². The minimum absolute atomic E-state index is 0.270. The molecule has 1 amide bonds. The normalized spacial score (nSPS) is 12.7. The van der Waals surface area contributed by atoms with Crippen molar-refractivity contribution >= 4 is 71.7 Å². The van der Waals surface area contributed by atoms with Crippen LogP contribution in [0.15, 0.2) is 16.6 Å². The molecule has 1 N–H and O–H groups in total. The first kappa shape index (κ1) is 13.1. The van der Waals surface area contributed by atoms with E-state index in [4.69, 9.17) is 23.2 Å². The molecule has 1 aromatic heterocycles. The number of hydrogen-bond donors (Lipinski definition) is 1. The highest BCUT2D eigenvalue weighted by Gasteiger charge is 2.13. The van der Waals surface area contributed by atoms with Gasteiger partial charge in [0.2, 0.25) is 5.91 Å². The first-order chi connectivity index (χ1) is 7.97. The number of nitrogens with zero attached hydrogens (tertiary/aromatic N) is 1. The Kier molecular flexibility index (Phi) is 3.92. The minimum Gasteiger partial charge on any atom is -0.301 e. The number of carbonyl (C=O) groups excluding carboxylic acids is 1. The van der Waals surface area contributed by atoms with Crippen LogP contribution in [-0.2, 0) is 4.79 Å². The van der Waals surface area contributed by atoms with Crippen LogP contribution in [0.5, 0.6) is 0 Å². The highest BCUT2D eigenvalue weighted by molar-refractivity contribution is 9.10. The van der Waals surface area contributed by atoms with E-state index in [0.29, 0.717) is 10.2 Å². The predicted octanol–water partition coefficient (Wildman–Crippen LogP) is 4.28. The standard InChI is InChI=1S/C10H7BrCl2N2OS/c1-4(12)9(16)15-10-14-8-6(11)2-5(13)3-7(8)17-10/h2-4H,1H3,(H,14,15,16)/t4-/m0/s1. The van der Waals surface area contributed by atoms with Crippen molar-refractivity contribution in [3.05, 3.63) is 21.6 Å². The quantitative estimate of drug-likeness (QED) is 0.819. The van der Waals surface area contributed by atoms with E-state index in [1.54, 1.807) is 19.1 Å². The van der Waals surface area contributed by atoms with Crippen molar-refractivity contribution in [3.63, 3.8) is 0 Å². The van der Waals surface area contributed by atoms with E-state index in [-0.39, 0.29) is 5.91 Å². The summed E-state index contributed by atoms with van der Waals surface area (Å²) < 4.78 is 1.71. The lowest BCUT2D eigenvalue weighted by Gasteiger charge is -2.01. The Labute approximate surface area is 120 Å². The van der Waals surface area contributed by atoms with Gasteiger partial charge in [0.25, 0.3) is 0 Å². The van der Waals surface area contributed by atoms with Crippen molar-refractivity contribution in [2.24, 2.45) is 0 Å². The van der Waals surface area contributed by atoms with Crippen molar-refractivity contribution < 1.29 is 4.79 Å². The van der Waals surface area contributed by atoms with E-state index in [2.05, 4.69) is 26.2 Å². The number of nitrogens with one attached hydrogen (secondary N) is 1. The van der Waals surface area contributed by atoms with Crippen molar-refractivity contribution in [1.82, 2.24) is 4.98 Å². The second kappa shape index (κ2) is 5.10. The smallest absolute Gasteiger partial charge is 0.243 e. The van der Waals surface area contributed by atoms with Gasteiger partial charge in [-0.05, 0) is 35.0 Å². The third kappa shape index (κ3) is 2.91. The van der Waals surface area contributed by atoms with E-state index in [0.717, 1.165) is 14.7 Å². The van der Waals surface area contributed by atoms with E-state index in [9.17, 15) is 4.79 Å². The number of amides is 1. The zero-order valence-corrected chi connectivity index (χ0v) is 12.5. The monoisotopic (exact) mass is 352 g/mol. The molecule has 0 aliphatic rings. The molecule has 1 atom stereocenters. The molecule has 0 saturated carbocycles. The molecule has 1 aromatic carbocycles. The summed E-state index contributed by atoms with van der Waals surface area (Å²) >= 11 is 16.3. The average Bonchev–Trinajstić information content (AvgIpc) is 2.60. The van der Waals surface area contributed by atoms with E-state index in [1.165, 1.54) is 11.3 Å². The van der Waals surface area contributed by atoms with E-state index in [1.807, 2.05) is 0 Å². The van der Waals surface area contributed by atoms with Crippen LogP contribution >= 0.6 is 50.5 Å². The number of alkyl halides is 1. The lowest BCUT2D eigenvalue weighted by Crippen LogP contribution is -2.19. The summed E-state index contributed by atoms with van der Waals surface area (Å²) in [6.07, 6.45) is 0. The Hall–Kier alpha value is -0.360. The Morgan fingerprint density at radius 2 is 2.29 bits per heavy atom. The SMILES string of the molecule is C[C@H](Cl)C(=O)Nc1nc2c(Br)cc(Cl)cc2s1. The summed E-state index contributed by atoms with van der Waals surface area (Å²) in [7, 11) is 0. The Balaban J connectivity index is 2.38. The molecule has 2 rings (SSSR count). The molecule has 0 unspecified atom stereocenters. The fraction of sp³-hybridized carbons (Fsp3) is 0.200. The molecule has 1 heterocycles. The van der Waals surface area contributed by atoms with Gasteiger partial charge in [0.1, 0.15) is 5.38 Å². The molecule has 0 saturated heterocycles. The van der Waals surface area contributed by atoms with E-state index < -0.39 is 5.38 Å². The van der Waals surface area contributed by atoms with Crippen LogP contribution in [0, 0.1) is 0 Å². The summed E-state index contributed by atoms with van der Waals surface area (Å²) in [5.74, 6) is -0.270. The molecule has 2 aromatic rings. The van der Waals surface area contributed by atoms with Crippen LogP contribution in [0.1, 0.15) is 6.92 Å². The van der Waals surface area contributed by atoms with Gasteiger partial charge < -0.3 is 5.32 Å². The lowest BCUT2D eigenvalue weighted by atomic mass is 10.3. The Morgan fingerprint density at radius 3 is 2.94 bits per heavy atom. The fourth-order valence-electron chi connectivity index (χ4n) is 1.22. The zero-order valence-electron chi connectivity index (χ0n) is 8.63. The fourth-order valence-corrected chi connectivity index (χ4v) is 3.30. The van der Waals surface area contributed by atoms with Crippen molar-refractivity contribution in [2.45, 2.75) is 12.3 Å². The summed E-state index contributed by atoms with van der Waals surface area (Å²) in [5.41, 5.74) is 0.775. The van der Waals surface area contributed by atoms with Gasteiger partial charge >= 0.3 is 0 Å². The molecule has 0 aliphatic heterocycles. The average molecular weight is 354 g/mol. The number of carbonyl (C=O) groups is 1. The number of fused-ring (bicyclic) bond motifs is 1. The maximum Gasteiger partial charge on any atom is 0.243 e. The molecule has 0 aliphatic carbocycles. The van der Waals surface area contributed by atoms with Crippen LogP contribution in [0.4, 0.5) is 5.13 Å². The number of thiazole rings is 1. The van der Waals surface area contributed by atoms with Crippen LogP contribution in [0.25, 0.3) is 10.2 Å². The van der Waals surface area contributed by atoms with Crippen LogP contribution in [0.3, 0.4) is 0 Å². The van der Waals surface area contributed by atoms with Crippen molar-refractivity contribution in [3.8, 4) is 0 Å². The van der Waals surface area contributed by atoms with Gasteiger partial charge in [0.15, 0.2) is 5.13 Å². The molecular weight excluding hydrogens is 347 g/mol. The molecule has 90 valence electrons. The van der Waals surface area contributed by atoms with Crippen LogP contribution < -0.4 is 5.32 Å². The second-order valence-electron chi connectivity index (χ2n) is 3.36. The summed E-state index contributed by atoms with van der Waals surface area (Å²) in [6, 6.07) is 3.57. The maximum atomic E-state index is 11.4. The van der Waals surface area contributed by atoms with Gasteiger partial charge in [0.05, 0.1) is 10.2 Å². The molecule has 0 spiro atoms. The van der Waals surface area contributed by atoms with E-state index >= 15 is 0 Å². The highest BCUT2D eigenvalue weighted by Crippen LogP contribution is 2.33. The molecule has 0 fully saturated rings. The van der Waals surface area contributed by atoms with Gasteiger partial charge in [-0.3, -0.25) is 4.79 Å². The van der Waals surface area contributed by atoms with Gasteiger partial charge in [-0.25, -0.2) is 4.98 Å². The molecule has 3 nitrogen and oxygen atoms in total. The highest BCUT2D eigenvalue weighted by atomic mass is 79.9. The Morgan fingerprint density at radius 1 is 1.59 bits per heavy atom. The third-order valence-corrected chi connectivity index (χ3v) is 3.94. The van der Waals surface area contributed by atoms with Gasteiger partial charge in [-0.15, -0.1) is 11.6 Å². The predicted molar refractivity (Wildman–Crippen MR) is 76.3 cm³/mol. The second-order valence-corrected chi connectivity index (χ2v) is 6.33. The molecular formula is C10H7BrCl2N2OS. The molecule has 0 radical (unpaired) electrons. The molecule has 17 heavy (non-hydrogen) atoms. The largest absolute Gasteiger partial charge is 0.301 e. The first-order valence-corrected chi connectivity index (χ1v) is 7.10. The van der Waals surface area contributed by atoms with Gasteiger partial charge in [0, 0.05) is 9.50 Å². The number of anilines is 1. The first-order valence-electron chi connectivity index (χ1n) is 4.68. The minimum atomic E-state index is -0.589. The van der Waals surface area contributed by atoms with Crippen molar-refractivity contribution in [1.29, 1.82) is 0 Å². The molecule has 7 heteroatoms. The van der Waals surface area contributed by atoms with Crippen LogP contribution in [-0.4, -0.2) is 16.3 Å². The Bertz CT molecular complexity index is 585. The third-order valence-electron chi connectivity index (χ3n) is 2.00. The number of hydrogen-bond acceptors (Lipinski definition) is 3. The summed E-state index contributed by atoms with van der Waals surface area (Å²) in [5, 5.41) is 3.20. The molecule has 0 bridgehead atoms. The summed E-state index contributed by atoms with van der Waals surface area (Å²) in [6.45, 7) is 1.61. The maximum absolute atomic E-state index is 11.4. The lowest BCUT2D eigenvalue weighted by molar-refractivity contribution is -0.115. The number of rotatable bonds is 2. The van der Waals surface area contributed by atoms with Gasteiger partial charge in [-0.1, -0.05) is 22.9 Å². The topological polar surface area (TPSA) is 42.0 Å². The summed E-state index contributed by atoms with van der Waals surface area (Å²) in [4.78, 5) is 15.7. The van der Waals surface area contributed by atoms with Crippen molar-refractivity contribution in [2.75, 3.05) is 5.32 Å². The number of halogens is 3. The number of aromatic nitrogens is 1.